The van der Waals surface area contributed by atoms with Crippen LogP contribution >= 0.6 is 0 Å². The van der Waals surface area contributed by atoms with Crippen LogP contribution < -0.4 is 0 Å². The van der Waals surface area contributed by atoms with Crippen molar-refractivity contribution in [3.8, 4) is 0 Å². The highest BCUT2D eigenvalue weighted by atomic mass is 19.1. The third-order valence-electron chi connectivity index (χ3n) is 7.93. The molecule has 1 aromatic rings. The Kier molecular flexibility index (Phi) is 11.7. The predicted octanol–water partition coefficient (Wildman–Crippen LogP) is 7.88. The molecule has 4 nitrogen and oxygen atoms in total. The molecule has 202 valence electrons. The third-order valence-corrected chi connectivity index (χ3v) is 7.93. The van der Waals surface area contributed by atoms with E-state index in [0.29, 0.717) is 24.7 Å². The van der Waals surface area contributed by atoms with Crippen molar-refractivity contribution in [1.82, 2.24) is 0 Å². The van der Waals surface area contributed by atoms with Crippen LogP contribution in [0, 0.1) is 0 Å². The first kappa shape index (κ1) is 28.6. The lowest BCUT2D eigenvalue weighted by molar-refractivity contribution is -0.157. The molecule has 2 fully saturated rings. The van der Waals surface area contributed by atoms with E-state index >= 15 is 0 Å². The summed E-state index contributed by atoms with van der Waals surface area (Å²) in [6.45, 7) is 3.96. The highest BCUT2D eigenvalue weighted by Gasteiger charge is 2.29. The van der Waals surface area contributed by atoms with Crippen molar-refractivity contribution in [2.24, 2.45) is 0 Å². The molecule has 0 aliphatic heterocycles. The van der Waals surface area contributed by atoms with Crippen LogP contribution in [0.15, 0.2) is 24.3 Å². The fourth-order valence-electron chi connectivity index (χ4n) is 5.55. The molecular weight excluding hydrogens is 462 g/mol. The fraction of sp³-hybridized carbons (Fsp3) is 0.733. The maximum atomic E-state index is 13.9. The van der Waals surface area contributed by atoms with Crippen molar-refractivity contribution in [3.05, 3.63) is 35.4 Å². The summed E-state index contributed by atoms with van der Waals surface area (Å²) in [6, 6.07) is 8.84. The van der Waals surface area contributed by atoms with Crippen molar-refractivity contribution in [3.63, 3.8) is 0 Å². The van der Waals surface area contributed by atoms with Crippen molar-refractivity contribution < 1.29 is 27.8 Å². The highest BCUT2D eigenvalue weighted by Crippen LogP contribution is 2.37. The summed E-state index contributed by atoms with van der Waals surface area (Å²) in [4.78, 5) is 23.9. The first-order valence-electron chi connectivity index (χ1n) is 14.2. The number of alkyl halides is 2. The summed E-state index contributed by atoms with van der Waals surface area (Å²) >= 11 is 0. The Hall–Kier alpha value is -1.98. The van der Waals surface area contributed by atoms with E-state index in [4.69, 9.17) is 9.47 Å². The molecule has 0 saturated heterocycles. The van der Waals surface area contributed by atoms with E-state index in [-0.39, 0.29) is 25.0 Å². The molecular formula is C30H44F2O4. The van der Waals surface area contributed by atoms with Gasteiger partial charge in [0.05, 0.1) is 0 Å². The number of hydrogen-bond acceptors (Lipinski definition) is 4. The Morgan fingerprint density at radius 1 is 0.694 bits per heavy atom. The minimum Gasteiger partial charge on any atom is -0.460 e. The molecule has 1 aromatic carbocycles. The van der Waals surface area contributed by atoms with E-state index in [2.05, 4.69) is 24.3 Å². The summed E-state index contributed by atoms with van der Waals surface area (Å²) in [5.74, 6) is -0.512. The zero-order valence-electron chi connectivity index (χ0n) is 22.1. The van der Waals surface area contributed by atoms with Crippen molar-refractivity contribution >= 4 is 11.9 Å². The third kappa shape index (κ3) is 8.55. The Bertz CT molecular complexity index is 729. The van der Waals surface area contributed by atoms with Crippen LogP contribution in [0.1, 0.15) is 127 Å². The number of carbonyl (C=O) groups is 2. The number of ether oxygens (including phenoxy) is 2. The zero-order valence-corrected chi connectivity index (χ0v) is 22.1. The molecule has 2 atom stereocenters. The smallest absolute Gasteiger partial charge is 0.340 e. The second kappa shape index (κ2) is 14.7. The highest BCUT2D eigenvalue weighted by molar-refractivity contribution is 5.75. The molecule has 0 N–H and O–H groups in total. The Morgan fingerprint density at radius 3 is 1.33 bits per heavy atom. The lowest BCUT2D eigenvalue weighted by atomic mass is 9.80. The molecule has 0 aromatic heterocycles. The van der Waals surface area contributed by atoms with Crippen LogP contribution in [0.25, 0.3) is 0 Å². The first-order valence-corrected chi connectivity index (χ1v) is 14.2. The molecule has 0 amide bonds. The van der Waals surface area contributed by atoms with Crippen LogP contribution in [-0.4, -0.2) is 36.5 Å². The SMILES string of the molecule is CCCC[C@H](F)C(=O)O[C@H]1CC[C@H](c2ccc([C@H]3CC[C@H](OC(=O)[C@@H](F)CCCC)CC3)cc2)CC1. The number of carbonyl (C=O) groups excluding carboxylic acids is 2. The first-order chi connectivity index (χ1) is 17.4. The Labute approximate surface area is 215 Å². The van der Waals surface area contributed by atoms with E-state index in [1.54, 1.807) is 0 Å². The van der Waals surface area contributed by atoms with E-state index in [1.165, 1.54) is 11.1 Å². The normalized spacial score (nSPS) is 26.1. The van der Waals surface area contributed by atoms with Gasteiger partial charge in [0.25, 0.3) is 0 Å². The van der Waals surface area contributed by atoms with Gasteiger partial charge in [-0.25, -0.2) is 18.4 Å². The van der Waals surface area contributed by atoms with Crippen molar-refractivity contribution in [2.75, 3.05) is 0 Å². The van der Waals surface area contributed by atoms with E-state index in [0.717, 1.165) is 64.2 Å². The Morgan fingerprint density at radius 2 is 1.03 bits per heavy atom. The number of unbranched alkanes of at least 4 members (excludes halogenated alkanes) is 2. The maximum absolute atomic E-state index is 13.9. The van der Waals surface area contributed by atoms with Gasteiger partial charge in [-0.15, -0.1) is 0 Å². The summed E-state index contributed by atoms with van der Waals surface area (Å²) in [5, 5.41) is 0. The topological polar surface area (TPSA) is 52.6 Å². The number of hydrogen-bond donors (Lipinski definition) is 0. The average molecular weight is 507 g/mol. The molecule has 0 unspecified atom stereocenters. The van der Waals surface area contributed by atoms with Crippen LogP contribution in [0.3, 0.4) is 0 Å². The van der Waals surface area contributed by atoms with Gasteiger partial charge in [-0.1, -0.05) is 63.8 Å². The van der Waals surface area contributed by atoms with Gasteiger partial charge in [0.2, 0.25) is 0 Å². The minimum absolute atomic E-state index is 0.170. The fourth-order valence-corrected chi connectivity index (χ4v) is 5.55. The maximum Gasteiger partial charge on any atom is 0.340 e. The zero-order chi connectivity index (χ0) is 25.9. The molecule has 0 bridgehead atoms. The average Bonchev–Trinajstić information content (AvgIpc) is 2.91. The van der Waals surface area contributed by atoms with Gasteiger partial charge in [-0.2, -0.15) is 0 Å². The number of benzene rings is 1. The van der Waals surface area contributed by atoms with Crippen molar-refractivity contribution in [1.29, 1.82) is 0 Å². The van der Waals surface area contributed by atoms with Gasteiger partial charge in [-0.3, -0.25) is 0 Å². The van der Waals surface area contributed by atoms with Crippen LogP contribution in [-0.2, 0) is 19.1 Å². The summed E-state index contributed by atoms with van der Waals surface area (Å²) in [5.41, 5.74) is 2.61. The summed E-state index contributed by atoms with van der Waals surface area (Å²) in [6.07, 6.45) is 7.17. The molecule has 36 heavy (non-hydrogen) atoms. The molecule has 3 rings (SSSR count). The summed E-state index contributed by atoms with van der Waals surface area (Å²) < 4.78 is 38.7. The van der Waals surface area contributed by atoms with Gasteiger partial charge >= 0.3 is 11.9 Å². The van der Waals surface area contributed by atoms with E-state index < -0.39 is 24.3 Å². The van der Waals surface area contributed by atoms with Gasteiger partial charge in [0, 0.05) is 0 Å². The van der Waals surface area contributed by atoms with Gasteiger partial charge < -0.3 is 9.47 Å². The quantitative estimate of drug-likeness (QED) is 0.271. The largest absolute Gasteiger partial charge is 0.460 e. The number of halogens is 2. The molecule has 2 aliphatic carbocycles. The Balaban J connectivity index is 1.40. The van der Waals surface area contributed by atoms with Gasteiger partial charge in [0.15, 0.2) is 12.3 Å². The molecule has 6 heteroatoms. The lowest BCUT2D eigenvalue weighted by Crippen LogP contribution is -2.28. The van der Waals surface area contributed by atoms with E-state index in [9.17, 15) is 18.4 Å². The number of esters is 2. The number of rotatable bonds is 12. The second-order valence-electron chi connectivity index (χ2n) is 10.7. The van der Waals surface area contributed by atoms with E-state index in [1.807, 2.05) is 13.8 Å². The summed E-state index contributed by atoms with van der Waals surface area (Å²) in [7, 11) is 0. The molecule has 0 heterocycles. The molecule has 2 aliphatic rings. The monoisotopic (exact) mass is 506 g/mol. The standard InChI is InChI=1S/C30H44F2O4/c1-3-5-7-27(31)29(33)35-25-17-13-23(14-18-25)21-9-11-22(12-10-21)24-15-19-26(20-16-24)36-30(34)28(32)8-6-4-2/h9-12,23-28H,3-8,13-20H2,1-2H3/t23-,24-,25-,26-,27-,28-/m0/s1. The second-order valence-corrected chi connectivity index (χ2v) is 10.7. The molecule has 2 saturated carbocycles. The predicted molar refractivity (Wildman–Crippen MR) is 137 cm³/mol. The molecule has 0 radical (unpaired) electrons. The lowest BCUT2D eigenvalue weighted by Gasteiger charge is -2.30. The van der Waals surface area contributed by atoms with Crippen LogP contribution in [0.2, 0.25) is 0 Å². The van der Waals surface area contributed by atoms with Crippen LogP contribution in [0.5, 0.6) is 0 Å². The van der Waals surface area contributed by atoms with Gasteiger partial charge in [0.1, 0.15) is 12.2 Å². The van der Waals surface area contributed by atoms with Crippen LogP contribution in [0.4, 0.5) is 8.78 Å². The minimum atomic E-state index is -1.50. The molecule has 0 spiro atoms. The van der Waals surface area contributed by atoms with Crippen molar-refractivity contribution in [2.45, 2.75) is 140 Å². The van der Waals surface area contributed by atoms with Gasteiger partial charge in [-0.05, 0) is 87.2 Å².